The predicted molar refractivity (Wildman–Crippen MR) is 79.7 cm³/mol. The number of hydrogen-bond acceptors (Lipinski definition) is 6. The zero-order chi connectivity index (χ0) is 14.0. The number of nitrogens with zero attached hydrogens (tertiary/aromatic N) is 2. The van der Waals surface area contributed by atoms with Gasteiger partial charge in [0.05, 0.1) is 17.2 Å². The van der Waals surface area contributed by atoms with Crippen LogP contribution in [-0.4, -0.2) is 44.0 Å². The lowest BCUT2D eigenvalue weighted by Gasteiger charge is -2.32. The minimum absolute atomic E-state index is 0.0104. The van der Waals surface area contributed by atoms with Crippen molar-refractivity contribution in [2.45, 2.75) is 33.4 Å². The summed E-state index contributed by atoms with van der Waals surface area (Å²) in [4.78, 5) is 7.95. The Balaban J connectivity index is 2.14. The molecule has 0 amide bonds. The molecule has 0 aromatic carbocycles. The second kappa shape index (κ2) is 5.76. The maximum atomic E-state index is 11.6. The molecule has 0 aliphatic carbocycles. The van der Waals surface area contributed by atoms with Gasteiger partial charge in [0.2, 0.25) is 0 Å². The maximum absolute atomic E-state index is 11.6. The van der Waals surface area contributed by atoms with Crippen molar-refractivity contribution in [3.8, 4) is 0 Å². The molecule has 1 aromatic heterocycles. The second-order valence-electron chi connectivity index (χ2n) is 4.94. The summed E-state index contributed by atoms with van der Waals surface area (Å²) in [5.74, 6) is 0.465. The fraction of sp³-hybridized carbons (Fsp3) is 0.750. The van der Waals surface area contributed by atoms with E-state index in [1.807, 2.05) is 13.8 Å². The van der Waals surface area contributed by atoms with E-state index in [-0.39, 0.29) is 17.5 Å². The Kier molecular flexibility index (Phi) is 4.47. The first kappa shape index (κ1) is 14.7. The van der Waals surface area contributed by atoms with Crippen LogP contribution in [0.4, 0.5) is 5.13 Å². The quantitative estimate of drug-likeness (QED) is 0.905. The first-order valence-corrected chi connectivity index (χ1v) is 9.21. The van der Waals surface area contributed by atoms with Gasteiger partial charge < -0.3 is 10.2 Å². The number of thiazole rings is 1. The summed E-state index contributed by atoms with van der Waals surface area (Å²) in [7, 11) is -2.87. The van der Waals surface area contributed by atoms with Crippen LogP contribution in [0.2, 0.25) is 0 Å². The molecule has 0 bridgehead atoms. The van der Waals surface area contributed by atoms with E-state index in [4.69, 9.17) is 0 Å². The Hall–Kier alpha value is -0.660. The van der Waals surface area contributed by atoms with E-state index in [0.717, 1.165) is 23.9 Å². The van der Waals surface area contributed by atoms with Crippen molar-refractivity contribution < 1.29 is 8.42 Å². The fourth-order valence-electron chi connectivity index (χ4n) is 2.22. The van der Waals surface area contributed by atoms with Crippen LogP contribution in [0, 0.1) is 6.92 Å². The maximum Gasteiger partial charge on any atom is 0.186 e. The van der Waals surface area contributed by atoms with Crippen molar-refractivity contribution in [1.82, 2.24) is 10.3 Å². The Labute approximate surface area is 119 Å². The number of sulfone groups is 1. The smallest absolute Gasteiger partial charge is 0.186 e. The Morgan fingerprint density at radius 2 is 2.26 bits per heavy atom. The molecule has 2 heterocycles. The summed E-state index contributed by atoms with van der Waals surface area (Å²) < 4.78 is 23.2. The molecule has 2 rings (SSSR count). The second-order valence-corrected chi connectivity index (χ2v) is 8.23. The number of nitrogens with one attached hydrogen (secondary N) is 1. The van der Waals surface area contributed by atoms with Crippen molar-refractivity contribution in [2.75, 3.05) is 29.5 Å². The van der Waals surface area contributed by atoms with Crippen LogP contribution in [-0.2, 0) is 16.4 Å². The standard InChI is InChI=1S/C12H21N3O2S2/c1-4-13-7-11-10(3)14-12(18-11)15-5-6-19(16,17)8-9(15)2/h9,13H,4-8H2,1-3H3. The van der Waals surface area contributed by atoms with Gasteiger partial charge in [-0.2, -0.15) is 0 Å². The van der Waals surface area contributed by atoms with Crippen molar-refractivity contribution in [3.63, 3.8) is 0 Å². The Morgan fingerprint density at radius 3 is 2.89 bits per heavy atom. The number of aromatic nitrogens is 1. The molecule has 0 saturated carbocycles. The molecule has 1 aliphatic heterocycles. The number of anilines is 1. The van der Waals surface area contributed by atoms with Crippen molar-refractivity contribution in [3.05, 3.63) is 10.6 Å². The molecule has 1 N–H and O–H groups in total. The topological polar surface area (TPSA) is 62.3 Å². The van der Waals surface area contributed by atoms with Crippen LogP contribution in [0.5, 0.6) is 0 Å². The number of aryl methyl sites for hydroxylation is 1. The summed E-state index contributed by atoms with van der Waals surface area (Å²) in [6.45, 7) is 8.37. The minimum atomic E-state index is -2.87. The molecule has 0 spiro atoms. The van der Waals surface area contributed by atoms with Gasteiger partial charge in [-0.3, -0.25) is 0 Å². The summed E-state index contributed by atoms with van der Waals surface area (Å²) >= 11 is 1.67. The molecule has 1 unspecified atom stereocenters. The third-order valence-electron chi connectivity index (χ3n) is 3.33. The zero-order valence-electron chi connectivity index (χ0n) is 11.6. The number of rotatable bonds is 4. The summed E-state index contributed by atoms with van der Waals surface area (Å²) in [5, 5.41) is 4.25. The lowest BCUT2D eigenvalue weighted by Crippen LogP contribution is -2.46. The van der Waals surface area contributed by atoms with Gasteiger partial charge in [0, 0.05) is 24.0 Å². The molecule has 1 atom stereocenters. The van der Waals surface area contributed by atoms with E-state index < -0.39 is 9.84 Å². The zero-order valence-corrected chi connectivity index (χ0v) is 13.3. The normalized spacial score (nSPS) is 22.7. The third-order valence-corrected chi connectivity index (χ3v) is 6.32. The van der Waals surface area contributed by atoms with Gasteiger partial charge in [0.15, 0.2) is 15.0 Å². The highest BCUT2D eigenvalue weighted by Gasteiger charge is 2.30. The van der Waals surface area contributed by atoms with Gasteiger partial charge in [-0.05, 0) is 20.4 Å². The number of hydrogen-bond donors (Lipinski definition) is 1. The van der Waals surface area contributed by atoms with Crippen LogP contribution < -0.4 is 10.2 Å². The lowest BCUT2D eigenvalue weighted by atomic mass is 10.3. The third kappa shape index (κ3) is 3.46. The molecular weight excluding hydrogens is 282 g/mol. The van der Waals surface area contributed by atoms with E-state index >= 15 is 0 Å². The van der Waals surface area contributed by atoms with Gasteiger partial charge in [0.25, 0.3) is 0 Å². The molecule has 1 aliphatic rings. The van der Waals surface area contributed by atoms with Crippen molar-refractivity contribution in [1.29, 1.82) is 0 Å². The summed E-state index contributed by atoms with van der Waals surface area (Å²) in [5.41, 5.74) is 1.04. The van der Waals surface area contributed by atoms with Crippen LogP contribution in [0.3, 0.4) is 0 Å². The molecule has 108 valence electrons. The highest BCUT2D eigenvalue weighted by Crippen LogP contribution is 2.29. The van der Waals surface area contributed by atoms with Crippen LogP contribution in [0.15, 0.2) is 0 Å². The van der Waals surface area contributed by atoms with Gasteiger partial charge in [0.1, 0.15) is 0 Å². The molecule has 1 saturated heterocycles. The van der Waals surface area contributed by atoms with E-state index in [2.05, 4.69) is 22.1 Å². The SMILES string of the molecule is CCNCc1sc(N2CCS(=O)(=O)CC2C)nc1C. The van der Waals surface area contributed by atoms with Crippen LogP contribution in [0.1, 0.15) is 24.4 Å². The molecule has 0 radical (unpaired) electrons. The summed E-state index contributed by atoms with van der Waals surface area (Å²) in [6.07, 6.45) is 0. The molecule has 5 nitrogen and oxygen atoms in total. The van der Waals surface area contributed by atoms with Crippen LogP contribution in [0.25, 0.3) is 0 Å². The molecule has 1 fully saturated rings. The minimum Gasteiger partial charge on any atom is -0.343 e. The predicted octanol–water partition coefficient (Wildman–Crippen LogP) is 1.18. The molecule has 1 aromatic rings. The van der Waals surface area contributed by atoms with Gasteiger partial charge in [-0.15, -0.1) is 11.3 Å². The highest BCUT2D eigenvalue weighted by molar-refractivity contribution is 7.91. The van der Waals surface area contributed by atoms with E-state index in [9.17, 15) is 8.42 Å². The summed E-state index contributed by atoms with van der Waals surface area (Å²) in [6, 6.07) is 0.0104. The first-order valence-electron chi connectivity index (χ1n) is 6.57. The van der Waals surface area contributed by atoms with E-state index in [0.29, 0.717) is 6.54 Å². The lowest BCUT2D eigenvalue weighted by molar-refractivity contribution is 0.568. The average Bonchev–Trinajstić information content (AvgIpc) is 2.66. The molecule has 19 heavy (non-hydrogen) atoms. The first-order chi connectivity index (χ1) is 8.93. The van der Waals surface area contributed by atoms with Crippen molar-refractivity contribution in [2.24, 2.45) is 0 Å². The van der Waals surface area contributed by atoms with Crippen LogP contribution >= 0.6 is 11.3 Å². The average molecular weight is 303 g/mol. The largest absolute Gasteiger partial charge is 0.343 e. The highest BCUT2D eigenvalue weighted by atomic mass is 32.2. The van der Waals surface area contributed by atoms with Gasteiger partial charge >= 0.3 is 0 Å². The van der Waals surface area contributed by atoms with Gasteiger partial charge in [-0.1, -0.05) is 6.92 Å². The fourth-order valence-corrected chi connectivity index (χ4v) is 4.94. The Bertz CT molecular complexity index is 539. The van der Waals surface area contributed by atoms with Gasteiger partial charge in [-0.25, -0.2) is 13.4 Å². The Morgan fingerprint density at radius 1 is 1.53 bits per heavy atom. The molecule has 7 heteroatoms. The molecular formula is C12H21N3O2S2. The van der Waals surface area contributed by atoms with E-state index in [1.54, 1.807) is 11.3 Å². The van der Waals surface area contributed by atoms with Crippen molar-refractivity contribution >= 4 is 26.3 Å². The van der Waals surface area contributed by atoms with E-state index in [1.165, 1.54) is 4.88 Å². The monoisotopic (exact) mass is 303 g/mol.